The number of aliphatic carboxylic acids is 1. The van der Waals surface area contributed by atoms with Gasteiger partial charge in [-0.05, 0) is 53.6 Å². The number of carbonyl (C=O) groups excluding carboxylic acids is 1. The van der Waals surface area contributed by atoms with Crippen LogP contribution in [0, 0.1) is 11.2 Å². The molecule has 0 saturated heterocycles. The maximum atomic E-state index is 14.2. The third kappa shape index (κ3) is 5.98. The fraction of sp³-hybridized carbons (Fsp3) is 0.286. The highest BCUT2D eigenvalue weighted by Gasteiger charge is 2.52. The average Bonchev–Trinajstić information content (AvgIpc) is 2.90. The second kappa shape index (κ2) is 10.8. The third-order valence-electron chi connectivity index (χ3n) is 7.21. The number of halogens is 6. The molecule has 228 valence electrons. The first-order chi connectivity index (χ1) is 20.1. The molecule has 0 aromatic heterocycles. The third-order valence-corrected chi connectivity index (χ3v) is 8.99. The fourth-order valence-electron chi connectivity index (χ4n) is 5.21. The molecule has 1 atom stereocenters. The van der Waals surface area contributed by atoms with Crippen LogP contribution in [0.4, 0.5) is 32.0 Å². The summed E-state index contributed by atoms with van der Waals surface area (Å²) in [6.07, 6.45) is -6.84. The first-order valence-corrected chi connectivity index (χ1v) is 14.0. The van der Waals surface area contributed by atoms with E-state index in [0.29, 0.717) is 12.1 Å². The van der Waals surface area contributed by atoms with Crippen LogP contribution in [0.25, 0.3) is 11.1 Å². The fourth-order valence-corrected chi connectivity index (χ4v) is 6.75. The topological polar surface area (TPSA) is 110 Å². The van der Waals surface area contributed by atoms with E-state index in [9.17, 15) is 49.5 Å². The molecule has 1 heterocycles. The van der Waals surface area contributed by atoms with Gasteiger partial charge in [0.2, 0.25) is 0 Å². The van der Waals surface area contributed by atoms with Crippen molar-refractivity contribution >= 4 is 27.5 Å². The molecule has 0 spiro atoms. The van der Waals surface area contributed by atoms with Gasteiger partial charge in [0, 0.05) is 25.3 Å². The van der Waals surface area contributed by atoms with Gasteiger partial charge in [-0.25, -0.2) is 12.8 Å². The molecule has 1 N–H and O–H groups in total. The van der Waals surface area contributed by atoms with Gasteiger partial charge >= 0.3 is 18.8 Å². The van der Waals surface area contributed by atoms with Gasteiger partial charge in [0.25, 0.3) is 10.0 Å². The standard InChI is InChI=1S/C28H21F6NO7S/c29-18-6-16(7-20(10-18)42-26(30)31)15-4-5-24-23(8-15)35(14-21(41-24)13-27(25(37)38)11-19(36)12-27)43(39,40)22-3-1-2-17(9-22)28(32,33)34/h1-10,21,26H,11-14H2,(H,37,38). The first-order valence-electron chi connectivity index (χ1n) is 12.6. The molecule has 43 heavy (non-hydrogen) atoms. The summed E-state index contributed by atoms with van der Waals surface area (Å²) in [6, 6.07) is 9.66. The van der Waals surface area contributed by atoms with Gasteiger partial charge in [-0.15, -0.1) is 0 Å². The highest BCUT2D eigenvalue weighted by Crippen LogP contribution is 2.47. The smallest absolute Gasteiger partial charge is 0.416 e. The molecular weight excluding hydrogens is 608 g/mol. The molecule has 0 amide bonds. The molecule has 2 aliphatic rings. The van der Waals surface area contributed by atoms with Gasteiger partial charge in [-0.2, -0.15) is 22.0 Å². The summed E-state index contributed by atoms with van der Waals surface area (Å²) in [6.45, 7) is -3.79. The Kier molecular flexibility index (Phi) is 7.57. The summed E-state index contributed by atoms with van der Waals surface area (Å²) in [5, 5.41) is 9.77. The second-order valence-electron chi connectivity index (χ2n) is 10.2. The van der Waals surface area contributed by atoms with E-state index in [1.54, 1.807) is 0 Å². The molecule has 5 rings (SSSR count). The number of sulfonamides is 1. The van der Waals surface area contributed by atoms with Crippen LogP contribution < -0.4 is 13.8 Å². The van der Waals surface area contributed by atoms with E-state index in [4.69, 9.17) is 4.74 Å². The molecule has 1 fully saturated rings. The van der Waals surface area contributed by atoms with Crippen molar-refractivity contribution in [3.63, 3.8) is 0 Å². The van der Waals surface area contributed by atoms with Gasteiger partial charge in [0.05, 0.1) is 28.1 Å². The number of carboxylic acids is 1. The molecule has 15 heteroatoms. The molecule has 1 aliphatic carbocycles. The number of ketones is 1. The molecule has 0 bridgehead atoms. The number of hydrogen-bond acceptors (Lipinski definition) is 6. The van der Waals surface area contributed by atoms with Gasteiger partial charge in [0.15, 0.2) is 0 Å². The van der Waals surface area contributed by atoms with Crippen molar-refractivity contribution < 1.29 is 58.9 Å². The Bertz CT molecular complexity index is 1700. The van der Waals surface area contributed by atoms with E-state index in [1.165, 1.54) is 18.2 Å². The van der Waals surface area contributed by atoms with Crippen molar-refractivity contribution in [2.24, 2.45) is 5.41 Å². The normalized spacial score (nSPS) is 18.1. The summed E-state index contributed by atoms with van der Waals surface area (Å²) in [4.78, 5) is 23.0. The molecule has 3 aromatic rings. The van der Waals surface area contributed by atoms with Crippen molar-refractivity contribution in [3.8, 4) is 22.6 Å². The van der Waals surface area contributed by atoms with Crippen molar-refractivity contribution in [3.05, 3.63) is 72.0 Å². The molecule has 1 aliphatic heterocycles. The summed E-state index contributed by atoms with van der Waals surface area (Å²) in [7, 11) is -4.76. The van der Waals surface area contributed by atoms with E-state index in [-0.39, 0.29) is 47.6 Å². The van der Waals surface area contributed by atoms with Crippen molar-refractivity contribution in [1.82, 2.24) is 0 Å². The van der Waals surface area contributed by atoms with Crippen molar-refractivity contribution in [2.75, 3.05) is 10.8 Å². The Hall–Kier alpha value is -4.27. The number of carbonyl (C=O) groups is 2. The van der Waals surface area contributed by atoms with Crippen LogP contribution in [-0.2, 0) is 25.8 Å². The predicted molar refractivity (Wildman–Crippen MR) is 138 cm³/mol. The van der Waals surface area contributed by atoms with Gasteiger partial charge in [-0.3, -0.25) is 13.9 Å². The minimum Gasteiger partial charge on any atom is -0.486 e. The Morgan fingerprint density at radius 3 is 2.42 bits per heavy atom. The Labute approximate surface area is 240 Å². The van der Waals surface area contributed by atoms with E-state index >= 15 is 0 Å². The van der Waals surface area contributed by atoms with Gasteiger partial charge in [-0.1, -0.05) is 12.1 Å². The van der Waals surface area contributed by atoms with Crippen LogP contribution >= 0.6 is 0 Å². The number of nitrogens with zero attached hydrogens (tertiary/aromatic N) is 1. The van der Waals surface area contributed by atoms with E-state index in [1.807, 2.05) is 0 Å². The minimum atomic E-state index is -4.86. The van der Waals surface area contributed by atoms with Crippen molar-refractivity contribution in [1.29, 1.82) is 0 Å². The quantitative estimate of drug-likeness (QED) is 0.310. The summed E-state index contributed by atoms with van der Waals surface area (Å²) in [5.74, 6) is -3.13. The number of fused-ring (bicyclic) bond motifs is 1. The molecule has 1 unspecified atom stereocenters. The molecule has 3 aromatic carbocycles. The summed E-state index contributed by atoms with van der Waals surface area (Å²) in [5.41, 5.74) is -2.78. The number of ether oxygens (including phenoxy) is 2. The van der Waals surface area contributed by atoms with Crippen LogP contribution in [0.3, 0.4) is 0 Å². The van der Waals surface area contributed by atoms with E-state index in [0.717, 1.165) is 34.6 Å². The molecule has 8 nitrogen and oxygen atoms in total. The Morgan fingerprint density at radius 1 is 1.07 bits per heavy atom. The molecule has 0 radical (unpaired) electrons. The number of hydrogen-bond donors (Lipinski definition) is 1. The van der Waals surface area contributed by atoms with E-state index in [2.05, 4.69) is 4.74 Å². The number of rotatable bonds is 8. The van der Waals surface area contributed by atoms with E-state index < -0.39 is 68.9 Å². The largest absolute Gasteiger partial charge is 0.486 e. The van der Waals surface area contributed by atoms with Gasteiger partial charge < -0.3 is 14.6 Å². The second-order valence-corrected chi connectivity index (χ2v) is 12.1. The highest BCUT2D eigenvalue weighted by molar-refractivity contribution is 7.92. The SMILES string of the molecule is O=C1CC(CC2CN(S(=O)(=O)c3cccc(C(F)(F)F)c3)c3cc(-c4cc(F)cc(OC(F)F)c4)ccc3O2)(C(=O)O)C1. The summed E-state index contributed by atoms with van der Waals surface area (Å²) >= 11 is 0. The average molecular weight is 630 g/mol. The molecule has 1 saturated carbocycles. The van der Waals surface area contributed by atoms with Gasteiger partial charge in [0.1, 0.15) is 29.2 Å². The minimum absolute atomic E-state index is 0.00907. The lowest BCUT2D eigenvalue weighted by molar-refractivity contribution is -0.163. The number of anilines is 1. The number of Topliss-reactive ketones (excluding diaryl/α,β-unsaturated/α-hetero) is 1. The lowest BCUT2D eigenvalue weighted by Crippen LogP contribution is -2.51. The maximum Gasteiger partial charge on any atom is 0.416 e. The first kappa shape index (κ1) is 30.2. The van der Waals surface area contributed by atoms with Crippen LogP contribution in [0.5, 0.6) is 11.5 Å². The van der Waals surface area contributed by atoms with Crippen LogP contribution in [0.2, 0.25) is 0 Å². The zero-order valence-electron chi connectivity index (χ0n) is 21.8. The lowest BCUT2D eigenvalue weighted by atomic mass is 9.64. The maximum absolute atomic E-state index is 14.2. The number of benzene rings is 3. The van der Waals surface area contributed by atoms with Crippen LogP contribution in [-0.4, -0.2) is 44.5 Å². The van der Waals surface area contributed by atoms with Crippen LogP contribution in [0.15, 0.2) is 65.6 Å². The zero-order valence-corrected chi connectivity index (χ0v) is 22.6. The number of carboxylic acid groups (broad SMARTS) is 1. The zero-order chi connectivity index (χ0) is 31.3. The monoisotopic (exact) mass is 629 g/mol. The number of alkyl halides is 5. The summed E-state index contributed by atoms with van der Waals surface area (Å²) < 4.78 is 119. The van der Waals surface area contributed by atoms with Crippen LogP contribution in [0.1, 0.15) is 24.8 Å². The molecular formula is C28H21F6NO7S. The lowest BCUT2D eigenvalue weighted by Gasteiger charge is -2.42. The Morgan fingerprint density at radius 2 is 1.79 bits per heavy atom. The highest BCUT2D eigenvalue weighted by atomic mass is 32.2. The van der Waals surface area contributed by atoms with Crippen molar-refractivity contribution in [2.45, 2.75) is 43.0 Å². The Balaban J connectivity index is 1.60. The predicted octanol–water partition coefficient (Wildman–Crippen LogP) is 5.89.